The van der Waals surface area contributed by atoms with Gasteiger partial charge in [-0.2, -0.15) is 0 Å². The summed E-state index contributed by atoms with van der Waals surface area (Å²) in [5.41, 5.74) is 1.98. The van der Waals surface area contributed by atoms with Gasteiger partial charge in [0.25, 0.3) is 11.8 Å². The quantitative estimate of drug-likeness (QED) is 0.643. The number of anilines is 1. The van der Waals surface area contributed by atoms with Gasteiger partial charge in [0.05, 0.1) is 32.6 Å². The van der Waals surface area contributed by atoms with E-state index < -0.39 is 0 Å². The van der Waals surface area contributed by atoms with Gasteiger partial charge in [-0.1, -0.05) is 13.0 Å². The maximum atomic E-state index is 13.7. The summed E-state index contributed by atoms with van der Waals surface area (Å²) >= 11 is 0. The summed E-state index contributed by atoms with van der Waals surface area (Å²) in [7, 11) is 4.69. The average molecular weight is 437 g/mol. The summed E-state index contributed by atoms with van der Waals surface area (Å²) in [6.45, 7) is 3.69. The first-order chi connectivity index (χ1) is 15.5. The van der Waals surface area contributed by atoms with Crippen molar-refractivity contribution in [2.24, 2.45) is 5.92 Å². The van der Waals surface area contributed by atoms with Crippen molar-refractivity contribution in [2.45, 2.75) is 19.8 Å². The minimum atomic E-state index is -0.346. The van der Waals surface area contributed by atoms with E-state index in [2.05, 4.69) is 11.8 Å². The van der Waals surface area contributed by atoms with E-state index in [-0.39, 0.29) is 11.8 Å². The largest absolute Gasteiger partial charge is 0.497 e. The van der Waals surface area contributed by atoms with Gasteiger partial charge in [0.2, 0.25) is 0 Å². The molecule has 32 heavy (non-hydrogen) atoms. The van der Waals surface area contributed by atoms with Crippen LogP contribution in [0.4, 0.5) is 5.69 Å². The van der Waals surface area contributed by atoms with Gasteiger partial charge in [0.15, 0.2) is 11.5 Å². The van der Waals surface area contributed by atoms with Gasteiger partial charge < -0.3 is 19.1 Å². The van der Waals surface area contributed by atoms with Crippen LogP contribution in [-0.2, 0) is 9.59 Å². The minimum absolute atomic E-state index is 0.306. The third-order valence-electron chi connectivity index (χ3n) is 6.16. The highest BCUT2D eigenvalue weighted by atomic mass is 16.5. The molecule has 2 aromatic carbocycles. The molecule has 168 valence electrons. The fourth-order valence-corrected chi connectivity index (χ4v) is 4.26. The Labute approximate surface area is 188 Å². The summed E-state index contributed by atoms with van der Waals surface area (Å²) in [6, 6.07) is 12.2. The van der Waals surface area contributed by atoms with Crippen molar-refractivity contribution < 1.29 is 23.8 Å². The monoisotopic (exact) mass is 436 g/mol. The molecule has 1 fully saturated rings. The molecule has 0 unspecified atom stereocenters. The lowest BCUT2D eigenvalue weighted by molar-refractivity contribution is -0.120. The van der Waals surface area contributed by atoms with Gasteiger partial charge in [0.1, 0.15) is 11.4 Å². The zero-order valence-electron chi connectivity index (χ0n) is 18.9. The third kappa shape index (κ3) is 3.79. The normalized spacial score (nSPS) is 17.2. The van der Waals surface area contributed by atoms with E-state index in [0.717, 1.165) is 25.9 Å². The molecule has 7 heteroatoms. The van der Waals surface area contributed by atoms with Gasteiger partial charge in [0, 0.05) is 13.1 Å². The summed E-state index contributed by atoms with van der Waals surface area (Å²) in [6.07, 6.45) is 1.96. The minimum Gasteiger partial charge on any atom is -0.497 e. The SMILES string of the molecule is COc1ccc(N2C(=O)C(c3ccc(OC)c(OC)c3)=C(N3CCC(C)CC3)C2=O)cc1. The number of benzene rings is 2. The van der Waals surface area contributed by atoms with Crippen molar-refractivity contribution in [2.75, 3.05) is 39.3 Å². The number of carbonyl (C=O) groups excluding carboxylic acids is 2. The number of nitrogens with zero attached hydrogens (tertiary/aromatic N) is 2. The second kappa shape index (κ2) is 8.94. The first kappa shape index (κ1) is 21.7. The van der Waals surface area contributed by atoms with E-state index in [0.29, 0.717) is 45.7 Å². The van der Waals surface area contributed by atoms with E-state index in [9.17, 15) is 9.59 Å². The van der Waals surface area contributed by atoms with E-state index in [1.807, 2.05) is 0 Å². The van der Waals surface area contributed by atoms with E-state index in [4.69, 9.17) is 14.2 Å². The smallest absolute Gasteiger partial charge is 0.282 e. The number of methoxy groups -OCH3 is 3. The van der Waals surface area contributed by atoms with E-state index in [1.54, 1.807) is 63.8 Å². The van der Waals surface area contributed by atoms with Crippen LogP contribution in [-0.4, -0.2) is 51.1 Å². The zero-order chi connectivity index (χ0) is 22.8. The average Bonchev–Trinajstić information content (AvgIpc) is 3.09. The maximum Gasteiger partial charge on any atom is 0.282 e. The zero-order valence-corrected chi connectivity index (χ0v) is 18.9. The Morgan fingerprint density at radius 1 is 0.812 bits per heavy atom. The highest BCUT2D eigenvalue weighted by molar-refractivity contribution is 6.45. The number of carbonyl (C=O) groups is 2. The van der Waals surface area contributed by atoms with Crippen molar-refractivity contribution in [3.63, 3.8) is 0 Å². The summed E-state index contributed by atoms with van der Waals surface area (Å²) in [4.78, 5) is 30.6. The number of rotatable bonds is 6. The van der Waals surface area contributed by atoms with Gasteiger partial charge in [-0.05, 0) is 60.7 Å². The number of likely N-dealkylation sites (tertiary alicyclic amines) is 1. The summed E-state index contributed by atoms with van der Waals surface area (Å²) in [5.74, 6) is 1.68. The molecule has 2 aliphatic rings. The van der Waals surface area contributed by atoms with Crippen molar-refractivity contribution in [1.82, 2.24) is 4.90 Å². The van der Waals surface area contributed by atoms with Crippen LogP contribution in [0, 0.1) is 5.92 Å². The first-order valence-electron chi connectivity index (χ1n) is 10.7. The van der Waals surface area contributed by atoms with Crippen molar-refractivity contribution in [3.8, 4) is 17.2 Å². The Morgan fingerprint density at radius 3 is 2.06 bits per heavy atom. The molecular weight excluding hydrogens is 408 g/mol. The molecule has 0 N–H and O–H groups in total. The fraction of sp³-hybridized carbons (Fsp3) is 0.360. The molecule has 2 amide bonds. The Balaban J connectivity index is 1.81. The van der Waals surface area contributed by atoms with Gasteiger partial charge in [-0.3, -0.25) is 9.59 Å². The van der Waals surface area contributed by atoms with Crippen LogP contribution in [0.5, 0.6) is 17.2 Å². The molecule has 0 spiro atoms. The summed E-state index contributed by atoms with van der Waals surface area (Å²) in [5, 5.41) is 0. The molecule has 2 heterocycles. The predicted octanol–water partition coefficient (Wildman–Crippen LogP) is 3.73. The summed E-state index contributed by atoms with van der Waals surface area (Å²) < 4.78 is 16.0. The molecule has 0 aromatic heterocycles. The van der Waals surface area contributed by atoms with Crippen LogP contribution in [0.1, 0.15) is 25.3 Å². The van der Waals surface area contributed by atoms with Crippen molar-refractivity contribution in [1.29, 1.82) is 0 Å². The van der Waals surface area contributed by atoms with Gasteiger partial charge in [-0.25, -0.2) is 4.90 Å². The van der Waals surface area contributed by atoms with Crippen LogP contribution >= 0.6 is 0 Å². The number of hydrogen-bond acceptors (Lipinski definition) is 6. The Morgan fingerprint density at radius 2 is 1.47 bits per heavy atom. The second-order valence-electron chi connectivity index (χ2n) is 8.11. The van der Waals surface area contributed by atoms with Crippen LogP contribution < -0.4 is 19.1 Å². The van der Waals surface area contributed by atoms with Crippen LogP contribution in [0.25, 0.3) is 5.57 Å². The lowest BCUT2D eigenvalue weighted by atomic mass is 9.97. The van der Waals surface area contributed by atoms with Gasteiger partial charge in [-0.15, -0.1) is 0 Å². The van der Waals surface area contributed by atoms with Gasteiger partial charge >= 0.3 is 0 Å². The molecule has 7 nitrogen and oxygen atoms in total. The van der Waals surface area contributed by atoms with Crippen LogP contribution in [0.2, 0.25) is 0 Å². The molecule has 0 atom stereocenters. The topological polar surface area (TPSA) is 68.3 Å². The molecule has 4 rings (SSSR count). The molecule has 2 aliphatic heterocycles. The second-order valence-corrected chi connectivity index (χ2v) is 8.11. The Kier molecular flexibility index (Phi) is 6.08. The maximum absolute atomic E-state index is 13.7. The highest BCUT2D eigenvalue weighted by Crippen LogP contribution is 2.39. The molecule has 0 radical (unpaired) electrons. The molecular formula is C25H28N2O5. The molecule has 0 bridgehead atoms. The predicted molar refractivity (Wildman–Crippen MR) is 122 cm³/mol. The van der Waals surface area contributed by atoms with E-state index >= 15 is 0 Å². The highest BCUT2D eigenvalue weighted by Gasteiger charge is 2.43. The molecule has 2 aromatic rings. The number of piperidine rings is 1. The third-order valence-corrected chi connectivity index (χ3v) is 6.16. The fourth-order valence-electron chi connectivity index (χ4n) is 4.26. The number of imide groups is 1. The molecule has 0 saturated carbocycles. The van der Waals surface area contributed by atoms with Crippen LogP contribution in [0.15, 0.2) is 48.2 Å². The lowest BCUT2D eigenvalue weighted by Crippen LogP contribution is -2.38. The number of amides is 2. The standard InChI is InChI=1S/C25H28N2O5/c1-16-11-13-26(14-12-16)23-22(17-5-10-20(31-3)21(15-17)32-4)24(28)27(25(23)29)18-6-8-19(30-2)9-7-18/h5-10,15-16H,11-14H2,1-4H3. The molecule has 0 aliphatic carbocycles. The Hall–Kier alpha value is -3.48. The number of ether oxygens (including phenoxy) is 3. The van der Waals surface area contributed by atoms with Crippen LogP contribution in [0.3, 0.4) is 0 Å². The van der Waals surface area contributed by atoms with Crippen molar-refractivity contribution in [3.05, 3.63) is 53.7 Å². The number of hydrogen-bond donors (Lipinski definition) is 0. The molecule has 1 saturated heterocycles. The first-order valence-corrected chi connectivity index (χ1v) is 10.7. The van der Waals surface area contributed by atoms with Crippen molar-refractivity contribution >= 4 is 23.1 Å². The lowest BCUT2D eigenvalue weighted by Gasteiger charge is -2.32. The van der Waals surface area contributed by atoms with E-state index in [1.165, 1.54) is 4.90 Å². The Bertz CT molecular complexity index is 1050.